The van der Waals surface area contributed by atoms with E-state index in [1.165, 1.54) is 0 Å². The first-order valence-corrected chi connectivity index (χ1v) is 6.95. The van der Waals surface area contributed by atoms with E-state index in [1.807, 2.05) is 29.8 Å². The number of benzene rings is 1. The summed E-state index contributed by atoms with van der Waals surface area (Å²) in [6.45, 7) is 2.15. The molecule has 0 amide bonds. The highest BCUT2D eigenvalue weighted by Gasteiger charge is 2.27. The van der Waals surface area contributed by atoms with Gasteiger partial charge >= 0.3 is 5.97 Å². The number of ketones is 1. The molecule has 0 aliphatic heterocycles. The van der Waals surface area contributed by atoms with E-state index in [0.29, 0.717) is 18.7 Å². The van der Waals surface area contributed by atoms with Crippen LogP contribution in [0.4, 0.5) is 0 Å². The summed E-state index contributed by atoms with van der Waals surface area (Å²) in [5, 5.41) is 0.931. The molecule has 0 fully saturated rings. The van der Waals surface area contributed by atoms with Gasteiger partial charge in [-0.15, -0.1) is 0 Å². The number of ether oxygens (including phenoxy) is 1. The van der Waals surface area contributed by atoms with E-state index in [1.54, 1.807) is 6.92 Å². The van der Waals surface area contributed by atoms with E-state index in [0.717, 1.165) is 34.9 Å². The maximum Gasteiger partial charge on any atom is 0.355 e. The summed E-state index contributed by atoms with van der Waals surface area (Å²) in [4.78, 5) is 24.4. The third kappa shape index (κ3) is 1.75. The molecule has 3 rings (SSSR count). The fourth-order valence-corrected chi connectivity index (χ4v) is 3.07. The zero-order valence-corrected chi connectivity index (χ0v) is 11.7. The Hall–Kier alpha value is -2.10. The Bertz CT molecular complexity index is 712. The Kier molecular flexibility index (Phi) is 3.08. The van der Waals surface area contributed by atoms with Gasteiger partial charge in [0.05, 0.1) is 6.61 Å². The number of carbonyl (C=O) groups excluding carboxylic acids is 2. The van der Waals surface area contributed by atoms with Crippen LogP contribution in [0.1, 0.15) is 46.2 Å². The first-order chi connectivity index (χ1) is 9.65. The topological polar surface area (TPSA) is 48.3 Å². The van der Waals surface area contributed by atoms with Crippen LogP contribution in [0.25, 0.3) is 10.9 Å². The number of carbonyl (C=O) groups is 2. The number of Topliss-reactive ketones (excluding diaryl/α,β-unsaturated/α-hetero) is 1. The zero-order chi connectivity index (χ0) is 14.3. The van der Waals surface area contributed by atoms with Gasteiger partial charge in [0.15, 0.2) is 5.78 Å². The van der Waals surface area contributed by atoms with Crippen LogP contribution in [-0.2, 0) is 18.2 Å². The summed E-state index contributed by atoms with van der Waals surface area (Å²) in [6.07, 6.45) is 2.06. The number of nitrogens with zero attached hydrogens (tertiary/aromatic N) is 1. The smallest absolute Gasteiger partial charge is 0.355 e. The lowest BCUT2D eigenvalue weighted by molar-refractivity contribution is 0.0514. The summed E-state index contributed by atoms with van der Waals surface area (Å²) in [5.41, 5.74) is 3.21. The maximum atomic E-state index is 12.2. The molecule has 0 saturated carbocycles. The summed E-state index contributed by atoms with van der Waals surface area (Å²) >= 11 is 0. The third-order valence-electron chi connectivity index (χ3n) is 3.93. The third-order valence-corrected chi connectivity index (χ3v) is 3.93. The minimum absolute atomic E-state index is 0.162. The molecule has 0 spiro atoms. The van der Waals surface area contributed by atoms with Gasteiger partial charge in [-0.3, -0.25) is 4.79 Å². The molecule has 1 heterocycles. The number of aromatic nitrogens is 1. The van der Waals surface area contributed by atoms with Gasteiger partial charge in [-0.2, -0.15) is 0 Å². The minimum atomic E-state index is -0.304. The van der Waals surface area contributed by atoms with Crippen molar-refractivity contribution < 1.29 is 14.3 Å². The van der Waals surface area contributed by atoms with E-state index < -0.39 is 0 Å². The van der Waals surface area contributed by atoms with Crippen molar-refractivity contribution in [3.05, 3.63) is 35.0 Å². The molecule has 0 N–H and O–H groups in total. The highest BCUT2D eigenvalue weighted by Crippen LogP contribution is 2.33. The molecule has 1 aromatic carbocycles. The molecule has 0 atom stereocenters. The molecule has 104 valence electrons. The van der Waals surface area contributed by atoms with E-state index in [4.69, 9.17) is 4.74 Å². The molecule has 1 aliphatic carbocycles. The van der Waals surface area contributed by atoms with Gasteiger partial charge in [0.25, 0.3) is 0 Å². The number of hydrogen-bond donors (Lipinski definition) is 0. The Morgan fingerprint density at radius 3 is 2.90 bits per heavy atom. The molecule has 1 aliphatic rings. The van der Waals surface area contributed by atoms with Crippen LogP contribution < -0.4 is 0 Å². The van der Waals surface area contributed by atoms with Crippen molar-refractivity contribution in [1.82, 2.24) is 4.57 Å². The van der Waals surface area contributed by atoms with Gasteiger partial charge in [0.1, 0.15) is 5.69 Å². The maximum absolute atomic E-state index is 12.2. The molecule has 20 heavy (non-hydrogen) atoms. The molecule has 0 unspecified atom stereocenters. The fraction of sp³-hybridized carbons (Fsp3) is 0.375. The predicted molar refractivity (Wildman–Crippen MR) is 76.1 cm³/mol. The summed E-state index contributed by atoms with van der Waals surface area (Å²) in [7, 11) is 1.86. The number of hydrogen-bond acceptors (Lipinski definition) is 3. The first kappa shape index (κ1) is 12.9. The van der Waals surface area contributed by atoms with E-state index >= 15 is 0 Å². The minimum Gasteiger partial charge on any atom is -0.461 e. The molecule has 0 radical (unpaired) electrons. The molecule has 4 nitrogen and oxygen atoms in total. The van der Waals surface area contributed by atoms with E-state index in [-0.39, 0.29) is 11.8 Å². The average molecular weight is 271 g/mol. The Labute approximate surface area is 117 Å². The van der Waals surface area contributed by atoms with Gasteiger partial charge in [-0.1, -0.05) is 12.1 Å². The molecule has 0 saturated heterocycles. The van der Waals surface area contributed by atoms with E-state index in [2.05, 4.69) is 0 Å². The number of aryl methyl sites for hydroxylation is 2. The van der Waals surface area contributed by atoms with Crippen LogP contribution in [0.3, 0.4) is 0 Å². The van der Waals surface area contributed by atoms with Crippen LogP contribution >= 0.6 is 0 Å². The quantitative estimate of drug-likeness (QED) is 0.789. The predicted octanol–water partition coefficient (Wildman–Crippen LogP) is 2.87. The number of rotatable bonds is 2. The van der Waals surface area contributed by atoms with Crippen molar-refractivity contribution in [3.63, 3.8) is 0 Å². The van der Waals surface area contributed by atoms with Gasteiger partial charge < -0.3 is 9.30 Å². The lowest BCUT2D eigenvalue weighted by atomic mass is 10.0. The Balaban J connectivity index is 2.34. The van der Waals surface area contributed by atoms with Crippen LogP contribution in [-0.4, -0.2) is 22.9 Å². The second kappa shape index (κ2) is 4.78. The zero-order valence-electron chi connectivity index (χ0n) is 11.7. The highest BCUT2D eigenvalue weighted by molar-refractivity contribution is 6.12. The fourth-order valence-electron chi connectivity index (χ4n) is 3.07. The van der Waals surface area contributed by atoms with Gasteiger partial charge in [-0.05, 0) is 31.4 Å². The second-order valence-corrected chi connectivity index (χ2v) is 5.08. The average Bonchev–Trinajstić information content (AvgIpc) is 2.61. The number of esters is 1. The van der Waals surface area contributed by atoms with Crippen molar-refractivity contribution in [2.24, 2.45) is 7.05 Å². The van der Waals surface area contributed by atoms with Gasteiger partial charge in [0, 0.05) is 29.9 Å². The van der Waals surface area contributed by atoms with Gasteiger partial charge in [-0.25, -0.2) is 4.79 Å². The van der Waals surface area contributed by atoms with Crippen molar-refractivity contribution in [1.29, 1.82) is 0 Å². The monoisotopic (exact) mass is 271 g/mol. The molecule has 2 aromatic rings. The first-order valence-electron chi connectivity index (χ1n) is 6.95. The molecular weight excluding hydrogens is 254 g/mol. The molecular formula is C16H17NO3. The van der Waals surface area contributed by atoms with Crippen molar-refractivity contribution in [2.45, 2.75) is 26.2 Å². The van der Waals surface area contributed by atoms with E-state index in [9.17, 15) is 9.59 Å². The van der Waals surface area contributed by atoms with Crippen LogP contribution in [0, 0.1) is 0 Å². The van der Waals surface area contributed by atoms with Crippen molar-refractivity contribution in [2.75, 3.05) is 6.61 Å². The van der Waals surface area contributed by atoms with Crippen molar-refractivity contribution in [3.8, 4) is 0 Å². The second-order valence-electron chi connectivity index (χ2n) is 5.08. The van der Waals surface area contributed by atoms with Crippen molar-refractivity contribution >= 4 is 22.7 Å². The standard InChI is InChI=1S/C16H17NO3/c1-3-20-16(19)15-11-7-5-9-13(18)10-6-4-8-12(14(10)11)17(15)2/h4,6,8H,3,5,7,9H2,1-2H3. The highest BCUT2D eigenvalue weighted by atomic mass is 16.5. The summed E-state index contributed by atoms with van der Waals surface area (Å²) in [6, 6.07) is 5.68. The Morgan fingerprint density at radius 2 is 2.15 bits per heavy atom. The molecule has 4 heteroatoms. The molecule has 0 bridgehead atoms. The molecule has 1 aromatic heterocycles. The van der Waals surface area contributed by atoms with Crippen LogP contribution in [0.2, 0.25) is 0 Å². The van der Waals surface area contributed by atoms with Crippen LogP contribution in [0.15, 0.2) is 18.2 Å². The van der Waals surface area contributed by atoms with Gasteiger partial charge in [0.2, 0.25) is 0 Å². The lowest BCUT2D eigenvalue weighted by Gasteiger charge is -2.06. The normalized spacial score (nSPS) is 14.4. The largest absolute Gasteiger partial charge is 0.461 e. The Morgan fingerprint density at radius 1 is 1.35 bits per heavy atom. The SMILES string of the molecule is CCOC(=O)c1c2c3c(cccc3n1C)C(=O)CCC2. The summed E-state index contributed by atoms with van der Waals surface area (Å²) in [5.74, 6) is -0.142. The summed E-state index contributed by atoms with van der Waals surface area (Å²) < 4.78 is 7.02. The van der Waals surface area contributed by atoms with Crippen LogP contribution in [0.5, 0.6) is 0 Å². The lowest BCUT2D eigenvalue weighted by Crippen LogP contribution is -2.12.